The molecule has 4 N–H and O–H groups in total. The summed E-state index contributed by atoms with van der Waals surface area (Å²) in [4.78, 5) is 16.3. The van der Waals surface area contributed by atoms with Gasteiger partial charge in [-0.05, 0) is 19.9 Å². The summed E-state index contributed by atoms with van der Waals surface area (Å²) in [5.41, 5.74) is 5.41. The number of rotatable bonds is 4. The van der Waals surface area contributed by atoms with E-state index in [2.05, 4.69) is 38.7 Å². The zero-order chi connectivity index (χ0) is 14.1. The number of thiazole rings is 1. The molecular formula is C12H14N6S2. The second-order valence-corrected chi connectivity index (χ2v) is 6.50. The number of nitrogens with zero attached hydrogens (tertiary/aromatic N) is 3. The first kappa shape index (κ1) is 13.2. The first-order valence-electron chi connectivity index (χ1n) is 6.05. The zero-order valence-corrected chi connectivity index (χ0v) is 12.7. The van der Waals surface area contributed by atoms with Crippen molar-refractivity contribution in [1.82, 2.24) is 15.0 Å². The number of aryl methyl sites for hydroxylation is 2. The molecule has 0 unspecified atom stereocenters. The van der Waals surface area contributed by atoms with E-state index in [0.717, 1.165) is 21.7 Å². The number of hydrogen-bond acceptors (Lipinski definition) is 8. The molecule has 20 heavy (non-hydrogen) atoms. The van der Waals surface area contributed by atoms with Crippen LogP contribution in [0.1, 0.15) is 15.4 Å². The van der Waals surface area contributed by atoms with Crippen LogP contribution in [0.2, 0.25) is 0 Å². The van der Waals surface area contributed by atoms with E-state index in [1.807, 2.05) is 12.4 Å². The lowest BCUT2D eigenvalue weighted by Crippen LogP contribution is -2.12. The van der Waals surface area contributed by atoms with Gasteiger partial charge in [0.15, 0.2) is 0 Å². The lowest BCUT2D eigenvalue weighted by atomic mass is 10.3. The maximum absolute atomic E-state index is 5.43. The van der Waals surface area contributed by atoms with Gasteiger partial charge >= 0.3 is 0 Å². The van der Waals surface area contributed by atoms with Gasteiger partial charge in [-0.15, -0.1) is 22.7 Å². The predicted molar refractivity (Wildman–Crippen MR) is 84.1 cm³/mol. The van der Waals surface area contributed by atoms with Crippen molar-refractivity contribution < 1.29 is 0 Å². The fourth-order valence-electron chi connectivity index (χ4n) is 1.90. The molecule has 3 aromatic rings. The average Bonchev–Trinajstić information content (AvgIpc) is 3.00. The van der Waals surface area contributed by atoms with Gasteiger partial charge in [-0.3, -0.25) is 5.43 Å². The molecule has 0 saturated carbocycles. The molecule has 3 heterocycles. The predicted octanol–water partition coefficient (Wildman–Crippen LogP) is 2.66. The summed E-state index contributed by atoms with van der Waals surface area (Å²) < 4.78 is 0. The van der Waals surface area contributed by atoms with Crippen LogP contribution in [0.4, 0.5) is 11.8 Å². The minimum atomic E-state index is 0.419. The second kappa shape index (κ2) is 5.31. The van der Waals surface area contributed by atoms with Crippen molar-refractivity contribution in [3.05, 3.63) is 27.0 Å². The average molecular weight is 306 g/mol. The van der Waals surface area contributed by atoms with Crippen LogP contribution < -0.4 is 16.6 Å². The summed E-state index contributed by atoms with van der Waals surface area (Å²) in [6.07, 6.45) is 0. The summed E-state index contributed by atoms with van der Waals surface area (Å²) in [5.74, 6) is 6.64. The standard InChI is InChI=1S/C12H14N6S2/c1-6-3-8-10(14-4-9-7(2)15-5-19-9)16-12(18-13)17-11(8)20-6/h3,5H,4,13H2,1-2H3,(H2,14,16,17,18). The number of nitrogens with one attached hydrogen (secondary N) is 2. The van der Waals surface area contributed by atoms with Gasteiger partial charge in [0, 0.05) is 9.75 Å². The Balaban J connectivity index is 1.95. The number of aromatic nitrogens is 3. The topological polar surface area (TPSA) is 88.8 Å². The Kier molecular flexibility index (Phi) is 3.51. The van der Waals surface area contributed by atoms with Gasteiger partial charge in [-0.25, -0.2) is 15.8 Å². The summed E-state index contributed by atoms with van der Waals surface area (Å²) >= 11 is 3.26. The summed E-state index contributed by atoms with van der Waals surface area (Å²) in [7, 11) is 0. The monoisotopic (exact) mass is 306 g/mol. The lowest BCUT2D eigenvalue weighted by molar-refractivity contribution is 1.08. The molecule has 8 heteroatoms. The molecule has 6 nitrogen and oxygen atoms in total. The number of nitrogens with two attached hydrogens (primary N) is 1. The largest absolute Gasteiger partial charge is 0.364 e. The van der Waals surface area contributed by atoms with Gasteiger partial charge in [0.1, 0.15) is 10.6 Å². The molecule has 0 bridgehead atoms. The molecule has 0 amide bonds. The van der Waals surface area contributed by atoms with Gasteiger partial charge in [-0.2, -0.15) is 4.98 Å². The number of anilines is 2. The SMILES string of the molecule is Cc1cc2c(NCc3scnc3C)nc(NN)nc2s1. The Morgan fingerprint density at radius 2 is 2.15 bits per heavy atom. The van der Waals surface area contributed by atoms with Gasteiger partial charge in [0.25, 0.3) is 0 Å². The van der Waals surface area contributed by atoms with Crippen LogP contribution in [0.15, 0.2) is 11.6 Å². The highest BCUT2D eigenvalue weighted by Crippen LogP contribution is 2.30. The van der Waals surface area contributed by atoms with Crippen molar-refractivity contribution in [3.63, 3.8) is 0 Å². The molecule has 0 aliphatic rings. The van der Waals surface area contributed by atoms with Crippen LogP contribution in [0.3, 0.4) is 0 Å². The molecular weight excluding hydrogens is 292 g/mol. The molecule has 0 aromatic carbocycles. The molecule has 0 spiro atoms. The lowest BCUT2D eigenvalue weighted by Gasteiger charge is -2.07. The van der Waals surface area contributed by atoms with Crippen LogP contribution in [0, 0.1) is 13.8 Å². The Labute approximate surface area is 124 Å². The summed E-state index contributed by atoms with van der Waals surface area (Å²) in [5, 5.41) is 4.37. The third-order valence-corrected chi connectivity index (χ3v) is 4.79. The van der Waals surface area contributed by atoms with E-state index >= 15 is 0 Å². The third-order valence-electron chi connectivity index (χ3n) is 2.91. The third kappa shape index (κ3) is 2.45. The summed E-state index contributed by atoms with van der Waals surface area (Å²) in [6.45, 7) is 4.76. The smallest absolute Gasteiger partial charge is 0.240 e. The molecule has 0 aliphatic carbocycles. The molecule has 3 rings (SSSR count). The fraction of sp³-hybridized carbons (Fsp3) is 0.250. The van der Waals surface area contributed by atoms with E-state index in [-0.39, 0.29) is 0 Å². The Bertz CT molecular complexity index is 748. The van der Waals surface area contributed by atoms with E-state index in [9.17, 15) is 0 Å². The van der Waals surface area contributed by atoms with Crippen LogP contribution in [-0.2, 0) is 6.54 Å². The highest BCUT2D eigenvalue weighted by molar-refractivity contribution is 7.18. The van der Waals surface area contributed by atoms with Crippen molar-refractivity contribution >= 4 is 44.7 Å². The molecule has 3 aromatic heterocycles. The summed E-state index contributed by atoms with van der Waals surface area (Å²) in [6, 6.07) is 2.09. The first-order valence-corrected chi connectivity index (χ1v) is 7.74. The molecule has 0 aliphatic heterocycles. The molecule has 104 valence electrons. The minimum Gasteiger partial charge on any atom is -0.364 e. The van der Waals surface area contributed by atoms with Crippen molar-refractivity contribution in [2.24, 2.45) is 5.84 Å². The Hall–Kier alpha value is -1.77. The number of fused-ring (bicyclic) bond motifs is 1. The molecule has 0 atom stereocenters. The number of thiophene rings is 1. The van der Waals surface area contributed by atoms with Gasteiger partial charge in [0.2, 0.25) is 5.95 Å². The van der Waals surface area contributed by atoms with Crippen LogP contribution in [0.5, 0.6) is 0 Å². The van der Waals surface area contributed by atoms with Crippen molar-refractivity contribution in [1.29, 1.82) is 0 Å². The van der Waals surface area contributed by atoms with Crippen LogP contribution in [-0.4, -0.2) is 15.0 Å². The van der Waals surface area contributed by atoms with Gasteiger partial charge in [0.05, 0.1) is 23.1 Å². The maximum atomic E-state index is 5.43. The van der Waals surface area contributed by atoms with Crippen molar-refractivity contribution in [3.8, 4) is 0 Å². The number of hydrazine groups is 1. The van der Waals surface area contributed by atoms with Crippen molar-refractivity contribution in [2.45, 2.75) is 20.4 Å². The van der Waals surface area contributed by atoms with Gasteiger partial charge in [-0.1, -0.05) is 0 Å². The van der Waals surface area contributed by atoms with E-state index in [1.165, 1.54) is 9.75 Å². The van der Waals surface area contributed by atoms with E-state index in [0.29, 0.717) is 12.5 Å². The Morgan fingerprint density at radius 1 is 1.30 bits per heavy atom. The van der Waals surface area contributed by atoms with Crippen LogP contribution in [0.25, 0.3) is 10.2 Å². The molecule has 0 radical (unpaired) electrons. The van der Waals surface area contributed by atoms with E-state index in [4.69, 9.17) is 5.84 Å². The second-order valence-electron chi connectivity index (χ2n) is 4.33. The van der Waals surface area contributed by atoms with E-state index < -0.39 is 0 Å². The first-order chi connectivity index (χ1) is 9.67. The zero-order valence-electron chi connectivity index (χ0n) is 11.1. The number of hydrogen-bond donors (Lipinski definition) is 3. The minimum absolute atomic E-state index is 0.419. The number of nitrogen functional groups attached to an aromatic ring is 1. The van der Waals surface area contributed by atoms with Gasteiger partial charge < -0.3 is 5.32 Å². The maximum Gasteiger partial charge on any atom is 0.240 e. The highest BCUT2D eigenvalue weighted by atomic mass is 32.1. The fourth-order valence-corrected chi connectivity index (χ4v) is 3.50. The van der Waals surface area contributed by atoms with Crippen LogP contribution >= 0.6 is 22.7 Å². The quantitative estimate of drug-likeness (QED) is 0.507. The highest BCUT2D eigenvalue weighted by Gasteiger charge is 2.11. The molecule has 0 saturated heterocycles. The molecule has 0 fully saturated rings. The van der Waals surface area contributed by atoms with E-state index in [1.54, 1.807) is 22.7 Å². The Morgan fingerprint density at radius 3 is 2.85 bits per heavy atom. The normalized spacial score (nSPS) is 10.9. The van der Waals surface area contributed by atoms with Crippen molar-refractivity contribution in [2.75, 3.05) is 10.7 Å².